The van der Waals surface area contributed by atoms with Gasteiger partial charge in [-0.05, 0) is 38.0 Å². The highest BCUT2D eigenvalue weighted by molar-refractivity contribution is 5.36. The van der Waals surface area contributed by atoms with Gasteiger partial charge in [0.05, 0.1) is 0 Å². The SMILES string of the molecule is Cc1cc(=O)cc(N2CCC3(CC2)CC3)o1. The lowest BCUT2D eigenvalue weighted by molar-refractivity contribution is 0.366. The number of hydrogen-bond donors (Lipinski definition) is 0. The van der Waals surface area contributed by atoms with E-state index in [4.69, 9.17) is 4.42 Å². The summed E-state index contributed by atoms with van der Waals surface area (Å²) in [4.78, 5) is 13.6. The molecule has 0 atom stereocenters. The van der Waals surface area contributed by atoms with Crippen molar-refractivity contribution >= 4 is 5.88 Å². The minimum absolute atomic E-state index is 0.0467. The standard InChI is InChI=1S/C13H17NO2/c1-10-8-11(15)9-12(16-10)14-6-4-13(2-3-13)5-7-14/h8-9H,2-7H2,1H3. The molecule has 1 saturated carbocycles. The Kier molecular flexibility index (Phi) is 2.09. The summed E-state index contributed by atoms with van der Waals surface area (Å²) in [5, 5.41) is 0. The Morgan fingerprint density at radius 2 is 1.88 bits per heavy atom. The minimum atomic E-state index is 0.0467. The molecule has 86 valence electrons. The lowest BCUT2D eigenvalue weighted by Gasteiger charge is -2.32. The maximum absolute atomic E-state index is 11.4. The smallest absolute Gasteiger partial charge is 0.199 e. The fourth-order valence-electron chi connectivity index (χ4n) is 2.62. The Hall–Kier alpha value is -1.25. The molecular weight excluding hydrogens is 202 g/mol. The summed E-state index contributed by atoms with van der Waals surface area (Å²) < 4.78 is 5.61. The Labute approximate surface area is 95.1 Å². The van der Waals surface area contributed by atoms with Crippen molar-refractivity contribution in [3.05, 3.63) is 28.1 Å². The molecule has 2 aliphatic rings. The predicted molar refractivity (Wildman–Crippen MR) is 62.8 cm³/mol. The molecule has 1 aliphatic carbocycles. The number of anilines is 1. The van der Waals surface area contributed by atoms with Crippen LogP contribution in [0.5, 0.6) is 0 Å². The van der Waals surface area contributed by atoms with Crippen molar-refractivity contribution in [1.29, 1.82) is 0 Å². The monoisotopic (exact) mass is 219 g/mol. The molecule has 0 bridgehead atoms. The first-order valence-corrected chi connectivity index (χ1v) is 6.04. The number of rotatable bonds is 1. The first-order chi connectivity index (χ1) is 7.67. The molecule has 1 aliphatic heterocycles. The van der Waals surface area contributed by atoms with Gasteiger partial charge in [-0.2, -0.15) is 0 Å². The van der Waals surface area contributed by atoms with Gasteiger partial charge in [0.15, 0.2) is 11.3 Å². The average molecular weight is 219 g/mol. The number of hydrogen-bond acceptors (Lipinski definition) is 3. The van der Waals surface area contributed by atoms with Gasteiger partial charge in [0.2, 0.25) is 0 Å². The highest BCUT2D eigenvalue weighted by Crippen LogP contribution is 2.53. The minimum Gasteiger partial charge on any atom is -0.446 e. The third-order valence-corrected chi connectivity index (χ3v) is 3.97. The predicted octanol–water partition coefficient (Wildman–Crippen LogP) is 2.33. The van der Waals surface area contributed by atoms with Gasteiger partial charge in [0.25, 0.3) is 0 Å². The van der Waals surface area contributed by atoms with Crippen molar-refractivity contribution in [3.8, 4) is 0 Å². The molecule has 1 spiro atoms. The van der Waals surface area contributed by atoms with Crippen LogP contribution in [0.25, 0.3) is 0 Å². The molecule has 0 aromatic carbocycles. The van der Waals surface area contributed by atoms with Crippen molar-refractivity contribution < 1.29 is 4.42 Å². The molecule has 3 nitrogen and oxygen atoms in total. The molecule has 16 heavy (non-hydrogen) atoms. The highest BCUT2D eigenvalue weighted by atomic mass is 16.4. The van der Waals surface area contributed by atoms with E-state index in [0.717, 1.165) is 19.0 Å². The van der Waals surface area contributed by atoms with Crippen LogP contribution in [0.2, 0.25) is 0 Å². The van der Waals surface area contributed by atoms with Gasteiger partial charge in [-0.3, -0.25) is 4.79 Å². The molecule has 0 radical (unpaired) electrons. The van der Waals surface area contributed by atoms with Crippen LogP contribution >= 0.6 is 0 Å². The molecule has 1 aromatic rings. The molecule has 1 aromatic heterocycles. The van der Waals surface area contributed by atoms with E-state index in [2.05, 4.69) is 4.90 Å². The van der Waals surface area contributed by atoms with Gasteiger partial charge in [-0.15, -0.1) is 0 Å². The molecule has 2 fully saturated rings. The summed E-state index contributed by atoms with van der Waals surface area (Å²) >= 11 is 0. The van der Waals surface area contributed by atoms with E-state index < -0.39 is 0 Å². The fourth-order valence-corrected chi connectivity index (χ4v) is 2.62. The van der Waals surface area contributed by atoms with E-state index in [0.29, 0.717) is 11.2 Å². The zero-order valence-electron chi connectivity index (χ0n) is 9.66. The Balaban J connectivity index is 1.79. The zero-order chi connectivity index (χ0) is 11.2. The fraction of sp³-hybridized carbons (Fsp3) is 0.615. The van der Waals surface area contributed by atoms with Crippen molar-refractivity contribution in [2.45, 2.75) is 32.6 Å². The second kappa shape index (κ2) is 3.37. The normalized spacial score (nSPS) is 22.4. The Morgan fingerprint density at radius 1 is 1.19 bits per heavy atom. The summed E-state index contributed by atoms with van der Waals surface area (Å²) in [7, 11) is 0. The third kappa shape index (κ3) is 1.75. The summed E-state index contributed by atoms with van der Waals surface area (Å²) in [5.41, 5.74) is 0.714. The molecular formula is C13H17NO2. The van der Waals surface area contributed by atoms with E-state index in [1.807, 2.05) is 6.92 Å². The Morgan fingerprint density at radius 3 is 2.44 bits per heavy atom. The second-order valence-corrected chi connectivity index (χ2v) is 5.23. The van der Waals surface area contributed by atoms with Crippen molar-refractivity contribution in [3.63, 3.8) is 0 Å². The van der Waals surface area contributed by atoms with Crippen LogP contribution < -0.4 is 10.3 Å². The summed E-state index contributed by atoms with van der Waals surface area (Å²) in [6.07, 6.45) is 5.31. The molecule has 0 N–H and O–H groups in total. The van der Waals surface area contributed by atoms with Gasteiger partial charge in [-0.25, -0.2) is 0 Å². The molecule has 3 rings (SSSR count). The Bertz CT molecular complexity index is 449. The lowest BCUT2D eigenvalue weighted by Crippen LogP contribution is -2.34. The molecule has 0 amide bonds. The largest absolute Gasteiger partial charge is 0.446 e. The van der Waals surface area contributed by atoms with Crippen LogP contribution in [0.4, 0.5) is 5.88 Å². The van der Waals surface area contributed by atoms with Crippen LogP contribution in [-0.4, -0.2) is 13.1 Å². The van der Waals surface area contributed by atoms with Crippen molar-refractivity contribution in [1.82, 2.24) is 0 Å². The maximum atomic E-state index is 11.4. The molecule has 1 saturated heterocycles. The summed E-state index contributed by atoms with van der Waals surface area (Å²) in [6, 6.07) is 3.15. The van der Waals surface area contributed by atoms with Crippen LogP contribution in [0, 0.1) is 12.3 Å². The summed E-state index contributed by atoms with van der Waals surface area (Å²) in [6.45, 7) is 3.90. The number of aryl methyl sites for hydroxylation is 1. The van der Waals surface area contributed by atoms with Gasteiger partial charge in [0, 0.05) is 25.2 Å². The van der Waals surface area contributed by atoms with Crippen LogP contribution in [0.1, 0.15) is 31.4 Å². The number of nitrogens with zero attached hydrogens (tertiary/aromatic N) is 1. The van der Waals surface area contributed by atoms with Gasteiger partial charge >= 0.3 is 0 Å². The molecule has 2 heterocycles. The summed E-state index contributed by atoms with van der Waals surface area (Å²) in [5.74, 6) is 1.45. The van der Waals surface area contributed by atoms with Crippen molar-refractivity contribution in [2.24, 2.45) is 5.41 Å². The third-order valence-electron chi connectivity index (χ3n) is 3.97. The van der Waals surface area contributed by atoms with Crippen LogP contribution in [0.3, 0.4) is 0 Å². The first-order valence-electron chi connectivity index (χ1n) is 6.04. The van der Waals surface area contributed by atoms with E-state index in [9.17, 15) is 4.79 Å². The quantitative estimate of drug-likeness (QED) is 0.727. The lowest BCUT2D eigenvalue weighted by atomic mass is 9.94. The highest BCUT2D eigenvalue weighted by Gasteiger charge is 2.44. The van der Waals surface area contributed by atoms with Gasteiger partial charge in [0.1, 0.15) is 5.76 Å². The van der Waals surface area contributed by atoms with Crippen molar-refractivity contribution in [2.75, 3.05) is 18.0 Å². The van der Waals surface area contributed by atoms with E-state index in [1.54, 1.807) is 6.07 Å². The molecule has 3 heteroatoms. The zero-order valence-corrected chi connectivity index (χ0v) is 9.66. The van der Waals surface area contributed by atoms with E-state index in [-0.39, 0.29) is 5.43 Å². The van der Waals surface area contributed by atoms with Gasteiger partial charge < -0.3 is 9.32 Å². The van der Waals surface area contributed by atoms with Crippen LogP contribution in [0.15, 0.2) is 21.3 Å². The number of piperidine rings is 1. The average Bonchev–Trinajstić information content (AvgIpc) is 2.97. The van der Waals surface area contributed by atoms with Crippen LogP contribution in [-0.2, 0) is 0 Å². The molecule has 0 unspecified atom stereocenters. The topological polar surface area (TPSA) is 33.5 Å². The van der Waals surface area contributed by atoms with Gasteiger partial charge in [-0.1, -0.05) is 0 Å². The maximum Gasteiger partial charge on any atom is 0.199 e. The second-order valence-electron chi connectivity index (χ2n) is 5.23. The van der Waals surface area contributed by atoms with E-state index in [1.165, 1.54) is 31.7 Å². The first kappa shape index (κ1) is 9.94. The van der Waals surface area contributed by atoms with E-state index >= 15 is 0 Å².